The molecule has 0 aliphatic rings. The van der Waals surface area contributed by atoms with E-state index in [1.54, 1.807) is 0 Å². The summed E-state index contributed by atoms with van der Waals surface area (Å²) in [5, 5.41) is 0. The van der Waals surface area contributed by atoms with Crippen LogP contribution in [0.25, 0.3) is 11.0 Å². The average Bonchev–Trinajstić information content (AvgIpc) is 2.82. The average molecular weight is 411 g/mol. The lowest BCUT2D eigenvalue weighted by molar-refractivity contribution is 0.688. The van der Waals surface area contributed by atoms with Crippen molar-refractivity contribution in [3.05, 3.63) is 63.0 Å². The molecular formula is C17H16ClIN2. The van der Waals surface area contributed by atoms with E-state index in [4.69, 9.17) is 11.6 Å². The highest BCUT2D eigenvalue weighted by Crippen LogP contribution is 2.21. The number of aromatic nitrogens is 2. The van der Waals surface area contributed by atoms with Crippen LogP contribution in [-0.4, -0.2) is 9.55 Å². The Labute approximate surface area is 143 Å². The zero-order chi connectivity index (χ0) is 14.8. The third kappa shape index (κ3) is 3.24. The number of halogens is 2. The number of nitrogens with zero attached hydrogens (tertiary/aromatic N) is 2. The molecule has 0 amide bonds. The minimum absolute atomic E-state index is 0.444. The molecule has 0 fully saturated rings. The summed E-state index contributed by atoms with van der Waals surface area (Å²) < 4.78 is 3.44. The van der Waals surface area contributed by atoms with Gasteiger partial charge >= 0.3 is 0 Å². The first kappa shape index (κ1) is 14.9. The molecule has 2 aromatic carbocycles. The second-order valence-electron chi connectivity index (χ2n) is 5.19. The van der Waals surface area contributed by atoms with E-state index in [1.165, 1.54) is 20.2 Å². The molecule has 0 unspecified atom stereocenters. The first-order valence-corrected chi connectivity index (χ1v) is 8.55. The third-order valence-corrected chi connectivity index (χ3v) is 4.53. The van der Waals surface area contributed by atoms with Crippen LogP contribution in [0, 0.1) is 10.5 Å². The van der Waals surface area contributed by atoms with Crippen LogP contribution in [0.5, 0.6) is 0 Å². The number of imidazole rings is 1. The van der Waals surface area contributed by atoms with Crippen LogP contribution in [0.4, 0.5) is 0 Å². The fraction of sp³-hybridized carbons (Fsp3) is 0.235. The predicted molar refractivity (Wildman–Crippen MR) is 96.9 cm³/mol. The van der Waals surface area contributed by atoms with Crippen LogP contribution in [0.15, 0.2) is 42.5 Å². The molecule has 0 radical (unpaired) electrons. The number of alkyl halides is 1. The molecule has 1 heterocycles. The van der Waals surface area contributed by atoms with Crippen LogP contribution in [0.1, 0.15) is 17.0 Å². The first-order chi connectivity index (χ1) is 10.2. The summed E-state index contributed by atoms with van der Waals surface area (Å²) in [5.74, 6) is 1.39. The Morgan fingerprint density at radius 3 is 2.81 bits per heavy atom. The van der Waals surface area contributed by atoms with E-state index in [2.05, 4.69) is 81.5 Å². The van der Waals surface area contributed by atoms with Crippen molar-refractivity contribution in [3.8, 4) is 0 Å². The smallest absolute Gasteiger partial charge is 0.124 e. The summed E-state index contributed by atoms with van der Waals surface area (Å²) in [5.41, 5.74) is 4.85. The zero-order valence-electron chi connectivity index (χ0n) is 11.8. The third-order valence-electron chi connectivity index (χ3n) is 3.62. The highest BCUT2D eigenvalue weighted by Gasteiger charge is 2.10. The number of fused-ring (bicyclic) bond motifs is 1. The van der Waals surface area contributed by atoms with E-state index in [-0.39, 0.29) is 0 Å². The maximum atomic E-state index is 6.07. The summed E-state index contributed by atoms with van der Waals surface area (Å²) in [4.78, 5) is 4.65. The Morgan fingerprint density at radius 2 is 2.05 bits per heavy atom. The molecular weight excluding hydrogens is 395 g/mol. The molecule has 0 N–H and O–H groups in total. The van der Waals surface area contributed by atoms with Gasteiger partial charge in [0.1, 0.15) is 5.82 Å². The lowest BCUT2D eigenvalue weighted by Gasteiger charge is -2.08. The Kier molecular flexibility index (Phi) is 4.50. The van der Waals surface area contributed by atoms with Gasteiger partial charge in [0, 0.05) is 10.1 Å². The van der Waals surface area contributed by atoms with Crippen molar-refractivity contribution in [3.63, 3.8) is 0 Å². The lowest BCUT2D eigenvalue weighted by atomic mass is 10.1. The Balaban J connectivity index is 1.92. The van der Waals surface area contributed by atoms with Gasteiger partial charge < -0.3 is 4.57 Å². The topological polar surface area (TPSA) is 17.8 Å². The SMILES string of the molecule is Cc1cccc(CCn2c(CCl)nc3cc(I)ccc32)c1. The molecule has 0 bridgehead atoms. The predicted octanol–water partition coefficient (Wildman–Crippen LogP) is 4.93. The van der Waals surface area contributed by atoms with Gasteiger partial charge in [0.2, 0.25) is 0 Å². The van der Waals surface area contributed by atoms with Crippen molar-refractivity contribution in [2.24, 2.45) is 0 Å². The molecule has 21 heavy (non-hydrogen) atoms. The Bertz CT molecular complexity index is 780. The van der Waals surface area contributed by atoms with E-state index in [0.29, 0.717) is 5.88 Å². The minimum atomic E-state index is 0.444. The molecule has 0 spiro atoms. The van der Waals surface area contributed by atoms with E-state index in [1.807, 2.05) is 0 Å². The van der Waals surface area contributed by atoms with Gasteiger partial charge in [-0.15, -0.1) is 11.6 Å². The molecule has 0 atom stereocenters. The van der Waals surface area contributed by atoms with Crippen LogP contribution in [-0.2, 0) is 18.8 Å². The zero-order valence-corrected chi connectivity index (χ0v) is 14.7. The van der Waals surface area contributed by atoms with E-state index < -0.39 is 0 Å². The van der Waals surface area contributed by atoms with Gasteiger partial charge in [0.05, 0.1) is 16.9 Å². The van der Waals surface area contributed by atoms with Crippen molar-refractivity contribution in [1.29, 1.82) is 0 Å². The molecule has 1 aromatic heterocycles. The molecule has 3 aromatic rings. The van der Waals surface area contributed by atoms with E-state index in [9.17, 15) is 0 Å². The van der Waals surface area contributed by atoms with Crippen molar-refractivity contribution in [2.45, 2.75) is 25.8 Å². The van der Waals surface area contributed by atoms with Crippen LogP contribution in [0.3, 0.4) is 0 Å². The largest absolute Gasteiger partial charge is 0.327 e. The lowest BCUT2D eigenvalue weighted by Crippen LogP contribution is -2.05. The highest BCUT2D eigenvalue weighted by atomic mass is 127. The van der Waals surface area contributed by atoms with Crippen molar-refractivity contribution >= 4 is 45.2 Å². The molecule has 0 saturated heterocycles. The maximum Gasteiger partial charge on any atom is 0.124 e. The standard InChI is InChI=1S/C17H16ClIN2/c1-12-3-2-4-13(9-12)7-8-21-16-6-5-14(19)10-15(16)20-17(21)11-18/h2-6,9-10H,7-8,11H2,1H3. The van der Waals surface area contributed by atoms with Crippen molar-refractivity contribution < 1.29 is 0 Å². The second kappa shape index (κ2) is 6.36. The monoisotopic (exact) mass is 410 g/mol. The summed E-state index contributed by atoms with van der Waals surface area (Å²) in [6.07, 6.45) is 0.989. The molecule has 4 heteroatoms. The highest BCUT2D eigenvalue weighted by molar-refractivity contribution is 14.1. The van der Waals surface area contributed by atoms with Gasteiger partial charge in [-0.1, -0.05) is 29.8 Å². The normalized spacial score (nSPS) is 11.2. The molecule has 2 nitrogen and oxygen atoms in total. The molecule has 108 valence electrons. The fourth-order valence-corrected chi connectivity index (χ4v) is 3.29. The van der Waals surface area contributed by atoms with Gasteiger partial charge in [-0.05, 0) is 59.7 Å². The molecule has 0 saturated carbocycles. The maximum absolute atomic E-state index is 6.07. The first-order valence-electron chi connectivity index (χ1n) is 6.93. The van der Waals surface area contributed by atoms with Gasteiger partial charge in [-0.3, -0.25) is 0 Å². The van der Waals surface area contributed by atoms with Gasteiger partial charge in [0.25, 0.3) is 0 Å². The number of hydrogen-bond donors (Lipinski definition) is 0. The summed E-state index contributed by atoms with van der Waals surface area (Å²) in [7, 11) is 0. The minimum Gasteiger partial charge on any atom is -0.327 e. The van der Waals surface area contributed by atoms with Crippen molar-refractivity contribution in [2.75, 3.05) is 0 Å². The van der Waals surface area contributed by atoms with Gasteiger partial charge in [-0.2, -0.15) is 0 Å². The van der Waals surface area contributed by atoms with E-state index in [0.717, 1.165) is 24.3 Å². The van der Waals surface area contributed by atoms with Gasteiger partial charge in [0.15, 0.2) is 0 Å². The Morgan fingerprint density at radius 1 is 1.19 bits per heavy atom. The molecule has 3 rings (SSSR count). The number of hydrogen-bond acceptors (Lipinski definition) is 1. The molecule has 0 aliphatic heterocycles. The second-order valence-corrected chi connectivity index (χ2v) is 6.70. The van der Waals surface area contributed by atoms with E-state index >= 15 is 0 Å². The number of benzene rings is 2. The quantitative estimate of drug-likeness (QED) is 0.440. The summed E-state index contributed by atoms with van der Waals surface area (Å²) in [6.45, 7) is 3.03. The van der Waals surface area contributed by atoms with Crippen molar-refractivity contribution in [1.82, 2.24) is 9.55 Å². The fourth-order valence-electron chi connectivity index (χ4n) is 2.61. The summed E-state index contributed by atoms with van der Waals surface area (Å²) >= 11 is 8.38. The summed E-state index contributed by atoms with van der Waals surface area (Å²) in [6, 6.07) is 15.0. The van der Waals surface area contributed by atoms with Crippen LogP contribution < -0.4 is 0 Å². The van der Waals surface area contributed by atoms with Crippen LogP contribution >= 0.6 is 34.2 Å². The Hall–Kier alpha value is -1.07. The molecule has 0 aliphatic carbocycles. The number of aryl methyl sites for hydroxylation is 3. The van der Waals surface area contributed by atoms with Gasteiger partial charge in [-0.25, -0.2) is 4.98 Å². The number of rotatable bonds is 4. The van der Waals surface area contributed by atoms with Crippen LogP contribution in [0.2, 0.25) is 0 Å².